The lowest BCUT2D eigenvalue weighted by Crippen LogP contribution is -2.43. The van der Waals surface area contributed by atoms with Crippen LogP contribution in [0.2, 0.25) is 0 Å². The fourth-order valence-electron chi connectivity index (χ4n) is 1.46. The molecule has 1 saturated carbocycles. The average molecular weight is 257 g/mol. The quantitative estimate of drug-likeness (QED) is 0.881. The van der Waals surface area contributed by atoms with E-state index < -0.39 is 0 Å². The second-order valence-corrected chi connectivity index (χ2v) is 4.51. The molecule has 0 bridgehead atoms. The summed E-state index contributed by atoms with van der Waals surface area (Å²) in [5, 5.41) is 0. The van der Waals surface area contributed by atoms with E-state index in [1.165, 1.54) is 0 Å². The van der Waals surface area contributed by atoms with Crippen LogP contribution in [0.5, 0.6) is 5.88 Å². The summed E-state index contributed by atoms with van der Waals surface area (Å²) in [5.41, 5.74) is 6.82. The Labute approximate surface area is 91.8 Å². The van der Waals surface area contributed by atoms with E-state index in [0.717, 1.165) is 22.9 Å². The first-order valence-electron chi connectivity index (χ1n) is 4.70. The lowest BCUT2D eigenvalue weighted by atomic mass is 9.90. The summed E-state index contributed by atoms with van der Waals surface area (Å²) in [6.45, 7) is 2.02. The SMILES string of the molecule is Cc1ccnc(OC2CC(N)C2)c1Br. The number of hydrogen-bond acceptors (Lipinski definition) is 3. The van der Waals surface area contributed by atoms with Crippen molar-refractivity contribution in [3.05, 3.63) is 22.3 Å². The van der Waals surface area contributed by atoms with Crippen LogP contribution in [0.3, 0.4) is 0 Å². The summed E-state index contributed by atoms with van der Waals surface area (Å²) in [6.07, 6.45) is 3.87. The molecule has 0 unspecified atom stereocenters. The molecule has 1 fully saturated rings. The molecule has 0 saturated heterocycles. The van der Waals surface area contributed by atoms with Crippen LogP contribution in [-0.2, 0) is 0 Å². The highest BCUT2D eigenvalue weighted by Gasteiger charge is 2.28. The van der Waals surface area contributed by atoms with E-state index in [0.29, 0.717) is 11.9 Å². The molecule has 1 heterocycles. The number of hydrogen-bond donors (Lipinski definition) is 1. The Kier molecular flexibility index (Phi) is 2.74. The molecule has 3 nitrogen and oxygen atoms in total. The maximum Gasteiger partial charge on any atom is 0.228 e. The van der Waals surface area contributed by atoms with Gasteiger partial charge in [-0.1, -0.05) is 0 Å². The van der Waals surface area contributed by atoms with Crippen molar-refractivity contribution in [2.75, 3.05) is 0 Å². The molecule has 0 atom stereocenters. The van der Waals surface area contributed by atoms with Crippen molar-refractivity contribution < 1.29 is 4.74 Å². The number of pyridine rings is 1. The summed E-state index contributed by atoms with van der Waals surface area (Å²) in [4.78, 5) is 4.18. The number of aromatic nitrogens is 1. The second-order valence-electron chi connectivity index (χ2n) is 3.72. The zero-order chi connectivity index (χ0) is 10.1. The van der Waals surface area contributed by atoms with Crippen LogP contribution in [-0.4, -0.2) is 17.1 Å². The summed E-state index contributed by atoms with van der Waals surface area (Å²) >= 11 is 3.46. The minimum atomic E-state index is 0.246. The minimum Gasteiger partial charge on any atom is -0.473 e. The van der Waals surface area contributed by atoms with Gasteiger partial charge in [0.2, 0.25) is 5.88 Å². The second kappa shape index (κ2) is 3.87. The number of aryl methyl sites for hydroxylation is 1. The molecule has 1 aliphatic rings. The van der Waals surface area contributed by atoms with Gasteiger partial charge in [0.15, 0.2) is 0 Å². The predicted octanol–water partition coefficient (Wildman–Crippen LogP) is 2.02. The van der Waals surface area contributed by atoms with Crippen molar-refractivity contribution in [3.8, 4) is 5.88 Å². The zero-order valence-electron chi connectivity index (χ0n) is 8.03. The molecule has 76 valence electrons. The first kappa shape index (κ1) is 9.93. The molecule has 0 radical (unpaired) electrons. The van der Waals surface area contributed by atoms with Gasteiger partial charge in [0, 0.05) is 12.2 Å². The van der Waals surface area contributed by atoms with Gasteiger partial charge in [0.1, 0.15) is 6.10 Å². The monoisotopic (exact) mass is 256 g/mol. The number of halogens is 1. The van der Waals surface area contributed by atoms with Gasteiger partial charge >= 0.3 is 0 Å². The average Bonchev–Trinajstić information content (AvgIpc) is 2.10. The Morgan fingerprint density at radius 1 is 1.57 bits per heavy atom. The fraction of sp³-hybridized carbons (Fsp3) is 0.500. The van der Waals surface area contributed by atoms with E-state index in [2.05, 4.69) is 20.9 Å². The Morgan fingerprint density at radius 2 is 2.29 bits per heavy atom. The smallest absolute Gasteiger partial charge is 0.228 e. The van der Waals surface area contributed by atoms with Crippen molar-refractivity contribution >= 4 is 15.9 Å². The molecule has 2 rings (SSSR count). The van der Waals surface area contributed by atoms with Crippen LogP contribution in [0.1, 0.15) is 18.4 Å². The molecule has 4 heteroatoms. The Morgan fingerprint density at radius 3 is 2.93 bits per heavy atom. The molecule has 14 heavy (non-hydrogen) atoms. The van der Waals surface area contributed by atoms with E-state index in [4.69, 9.17) is 10.5 Å². The van der Waals surface area contributed by atoms with Crippen molar-refractivity contribution in [2.24, 2.45) is 5.73 Å². The van der Waals surface area contributed by atoms with Gasteiger partial charge in [-0.3, -0.25) is 0 Å². The number of ether oxygens (including phenoxy) is 1. The highest BCUT2D eigenvalue weighted by Crippen LogP contribution is 2.30. The first-order chi connectivity index (χ1) is 6.66. The number of nitrogens with two attached hydrogens (primary N) is 1. The highest BCUT2D eigenvalue weighted by atomic mass is 79.9. The third-order valence-electron chi connectivity index (χ3n) is 2.46. The molecule has 1 aromatic heterocycles. The molecular formula is C10H13BrN2O. The maximum atomic E-state index is 5.69. The third kappa shape index (κ3) is 1.91. The van der Waals surface area contributed by atoms with Gasteiger partial charge in [-0.05, 0) is 47.3 Å². The summed E-state index contributed by atoms with van der Waals surface area (Å²) in [6, 6.07) is 2.26. The Balaban J connectivity index is 2.06. The molecule has 0 spiro atoms. The van der Waals surface area contributed by atoms with Crippen molar-refractivity contribution in [2.45, 2.75) is 31.9 Å². The van der Waals surface area contributed by atoms with E-state index >= 15 is 0 Å². The van der Waals surface area contributed by atoms with Gasteiger partial charge in [-0.15, -0.1) is 0 Å². The maximum absolute atomic E-state index is 5.69. The molecule has 0 aliphatic heterocycles. The molecule has 2 N–H and O–H groups in total. The lowest BCUT2D eigenvalue weighted by Gasteiger charge is -2.32. The van der Waals surface area contributed by atoms with Crippen LogP contribution in [0, 0.1) is 6.92 Å². The van der Waals surface area contributed by atoms with Crippen LogP contribution >= 0.6 is 15.9 Å². The lowest BCUT2D eigenvalue weighted by molar-refractivity contribution is 0.0949. The van der Waals surface area contributed by atoms with Gasteiger partial charge in [0.25, 0.3) is 0 Å². The van der Waals surface area contributed by atoms with Gasteiger partial charge < -0.3 is 10.5 Å². The molecule has 1 aliphatic carbocycles. The van der Waals surface area contributed by atoms with Crippen LogP contribution in [0.15, 0.2) is 16.7 Å². The first-order valence-corrected chi connectivity index (χ1v) is 5.49. The topological polar surface area (TPSA) is 48.1 Å². The highest BCUT2D eigenvalue weighted by molar-refractivity contribution is 9.10. The predicted molar refractivity (Wildman–Crippen MR) is 58.3 cm³/mol. The largest absolute Gasteiger partial charge is 0.473 e. The van der Waals surface area contributed by atoms with Crippen molar-refractivity contribution in [1.82, 2.24) is 4.98 Å². The third-order valence-corrected chi connectivity index (χ3v) is 3.42. The molecule has 0 amide bonds. The van der Waals surface area contributed by atoms with Gasteiger partial charge in [-0.2, -0.15) is 0 Å². The van der Waals surface area contributed by atoms with E-state index in [1.54, 1.807) is 6.20 Å². The number of nitrogens with zero attached hydrogens (tertiary/aromatic N) is 1. The van der Waals surface area contributed by atoms with E-state index in [-0.39, 0.29) is 6.10 Å². The molecule has 0 aromatic carbocycles. The molecule has 1 aromatic rings. The normalized spacial score (nSPS) is 25.6. The van der Waals surface area contributed by atoms with E-state index in [9.17, 15) is 0 Å². The fourth-order valence-corrected chi connectivity index (χ4v) is 1.79. The van der Waals surface area contributed by atoms with Gasteiger partial charge in [0.05, 0.1) is 4.47 Å². The summed E-state index contributed by atoms with van der Waals surface area (Å²) in [7, 11) is 0. The van der Waals surface area contributed by atoms with Crippen LogP contribution in [0.25, 0.3) is 0 Å². The van der Waals surface area contributed by atoms with Crippen LogP contribution in [0.4, 0.5) is 0 Å². The standard InChI is InChI=1S/C10H13BrN2O/c1-6-2-3-13-10(9(6)11)14-8-4-7(12)5-8/h2-3,7-8H,4-5,12H2,1H3. The summed E-state index contributed by atoms with van der Waals surface area (Å²) in [5.74, 6) is 0.682. The van der Waals surface area contributed by atoms with Crippen LogP contribution < -0.4 is 10.5 Å². The van der Waals surface area contributed by atoms with Gasteiger partial charge in [-0.25, -0.2) is 4.98 Å². The van der Waals surface area contributed by atoms with Crippen molar-refractivity contribution in [1.29, 1.82) is 0 Å². The zero-order valence-corrected chi connectivity index (χ0v) is 9.62. The Bertz CT molecular complexity index is 337. The van der Waals surface area contributed by atoms with E-state index in [1.807, 2.05) is 13.0 Å². The van der Waals surface area contributed by atoms with Crippen molar-refractivity contribution in [3.63, 3.8) is 0 Å². The molecular weight excluding hydrogens is 244 g/mol. The number of rotatable bonds is 2. The minimum absolute atomic E-state index is 0.246. The summed E-state index contributed by atoms with van der Waals surface area (Å²) < 4.78 is 6.64. The Hall–Kier alpha value is -0.610.